The van der Waals surface area contributed by atoms with E-state index < -0.39 is 7.14 Å². The lowest BCUT2D eigenvalue weighted by Crippen LogP contribution is -2.32. The lowest BCUT2D eigenvalue weighted by molar-refractivity contribution is 0.194. The smallest absolute Gasteiger partial charge is 0.102 e. The standard InChI is InChI=1S/C13H24NOP/c1-12(2)10-6-7-13(12,3)11(8-10)14-9-16(4,5)15/h10H,6-9H2,1-5H3/b14-11+/t10-,13+/m1/s1. The Morgan fingerprint density at radius 3 is 2.38 bits per heavy atom. The minimum absolute atomic E-state index is 0.271. The van der Waals surface area contributed by atoms with E-state index in [-0.39, 0.29) is 5.41 Å². The summed E-state index contributed by atoms with van der Waals surface area (Å²) in [6, 6.07) is 0. The van der Waals surface area contributed by atoms with Crippen LogP contribution in [0.3, 0.4) is 0 Å². The number of fused-ring (bicyclic) bond motifs is 2. The zero-order chi connectivity index (χ0) is 12.2. The topological polar surface area (TPSA) is 29.4 Å². The first-order chi connectivity index (χ1) is 7.17. The van der Waals surface area contributed by atoms with Gasteiger partial charge in [-0.15, -0.1) is 0 Å². The first kappa shape index (κ1) is 12.4. The van der Waals surface area contributed by atoms with Crippen LogP contribution in [0.5, 0.6) is 0 Å². The molecule has 2 bridgehead atoms. The molecule has 0 aromatic carbocycles. The molecule has 0 aromatic heterocycles. The van der Waals surface area contributed by atoms with Crippen LogP contribution in [0.1, 0.15) is 40.0 Å². The molecule has 2 saturated carbocycles. The highest BCUT2D eigenvalue weighted by atomic mass is 31.2. The Balaban J connectivity index is 2.25. The minimum atomic E-state index is -2.00. The number of rotatable bonds is 2. The van der Waals surface area contributed by atoms with Crippen molar-refractivity contribution in [2.75, 3.05) is 19.6 Å². The molecule has 2 atom stereocenters. The summed E-state index contributed by atoms with van der Waals surface area (Å²) in [4.78, 5) is 4.70. The second-order valence-electron chi connectivity index (χ2n) is 6.81. The molecule has 0 aliphatic heterocycles. The molecular formula is C13H24NOP. The molecule has 2 aliphatic carbocycles. The maximum Gasteiger partial charge on any atom is 0.102 e. The third-order valence-electron chi connectivity index (χ3n) is 5.11. The van der Waals surface area contributed by atoms with Crippen LogP contribution in [0.4, 0.5) is 0 Å². The normalized spacial score (nSPS) is 39.6. The Kier molecular flexibility index (Phi) is 2.66. The molecule has 0 N–H and O–H groups in total. The van der Waals surface area contributed by atoms with Crippen molar-refractivity contribution in [3.8, 4) is 0 Å². The van der Waals surface area contributed by atoms with E-state index >= 15 is 0 Å². The van der Waals surface area contributed by atoms with Crippen LogP contribution in [0.15, 0.2) is 4.99 Å². The van der Waals surface area contributed by atoms with Crippen LogP contribution in [-0.2, 0) is 4.57 Å². The quantitative estimate of drug-likeness (QED) is 0.675. The maximum atomic E-state index is 11.7. The van der Waals surface area contributed by atoms with Gasteiger partial charge in [0, 0.05) is 11.1 Å². The average molecular weight is 241 g/mol. The highest BCUT2D eigenvalue weighted by Crippen LogP contribution is 2.64. The number of aliphatic imine (C=N–C) groups is 1. The Hall–Kier alpha value is -0.100. The minimum Gasteiger partial charge on any atom is -0.322 e. The second kappa shape index (κ2) is 3.45. The van der Waals surface area contributed by atoms with Gasteiger partial charge in [-0.2, -0.15) is 0 Å². The van der Waals surface area contributed by atoms with Gasteiger partial charge in [0.1, 0.15) is 7.14 Å². The van der Waals surface area contributed by atoms with E-state index in [1.165, 1.54) is 18.6 Å². The van der Waals surface area contributed by atoms with Crippen LogP contribution in [0.2, 0.25) is 0 Å². The fraction of sp³-hybridized carbons (Fsp3) is 0.923. The van der Waals surface area contributed by atoms with Crippen molar-refractivity contribution in [2.24, 2.45) is 21.7 Å². The van der Waals surface area contributed by atoms with E-state index in [0.717, 1.165) is 12.3 Å². The lowest BCUT2D eigenvalue weighted by Gasteiger charge is -2.34. The first-order valence-electron chi connectivity index (χ1n) is 6.25. The lowest BCUT2D eigenvalue weighted by atomic mass is 9.70. The highest BCUT2D eigenvalue weighted by Gasteiger charge is 2.59. The number of hydrogen-bond donors (Lipinski definition) is 0. The summed E-state index contributed by atoms with van der Waals surface area (Å²) in [5, 5.41) is 0. The van der Waals surface area contributed by atoms with E-state index in [0.29, 0.717) is 11.7 Å². The maximum absolute atomic E-state index is 11.7. The summed E-state index contributed by atoms with van der Waals surface area (Å²) >= 11 is 0. The van der Waals surface area contributed by atoms with Gasteiger partial charge in [0.15, 0.2) is 0 Å². The molecule has 92 valence electrons. The van der Waals surface area contributed by atoms with Crippen molar-refractivity contribution in [2.45, 2.75) is 40.0 Å². The van der Waals surface area contributed by atoms with Gasteiger partial charge in [-0.1, -0.05) is 20.8 Å². The van der Waals surface area contributed by atoms with Gasteiger partial charge >= 0.3 is 0 Å². The van der Waals surface area contributed by atoms with E-state index in [4.69, 9.17) is 4.99 Å². The van der Waals surface area contributed by atoms with Crippen molar-refractivity contribution >= 4 is 12.9 Å². The van der Waals surface area contributed by atoms with Gasteiger partial charge in [0.2, 0.25) is 0 Å². The van der Waals surface area contributed by atoms with Gasteiger partial charge in [-0.25, -0.2) is 0 Å². The molecule has 2 fully saturated rings. The third-order valence-corrected chi connectivity index (χ3v) is 5.94. The molecule has 2 nitrogen and oxygen atoms in total. The summed E-state index contributed by atoms with van der Waals surface area (Å²) < 4.78 is 11.7. The van der Waals surface area contributed by atoms with E-state index in [2.05, 4.69) is 20.8 Å². The summed E-state index contributed by atoms with van der Waals surface area (Å²) in [6.07, 6.45) is 4.30. The zero-order valence-electron chi connectivity index (χ0n) is 11.2. The van der Waals surface area contributed by atoms with Crippen molar-refractivity contribution in [1.82, 2.24) is 0 Å². The molecule has 0 saturated heterocycles. The third kappa shape index (κ3) is 1.70. The molecule has 0 radical (unpaired) electrons. The summed E-state index contributed by atoms with van der Waals surface area (Å²) in [7, 11) is -2.00. The Bertz CT molecular complexity index is 379. The molecule has 16 heavy (non-hydrogen) atoms. The van der Waals surface area contributed by atoms with E-state index in [9.17, 15) is 4.57 Å². The fourth-order valence-electron chi connectivity index (χ4n) is 3.42. The molecule has 2 aliphatic rings. The Morgan fingerprint density at radius 1 is 1.38 bits per heavy atom. The summed E-state index contributed by atoms with van der Waals surface area (Å²) in [5.41, 5.74) is 2.00. The predicted octanol–water partition coefficient (Wildman–Crippen LogP) is 3.85. The molecule has 0 amide bonds. The predicted molar refractivity (Wildman–Crippen MR) is 71.0 cm³/mol. The van der Waals surface area contributed by atoms with Crippen LogP contribution < -0.4 is 0 Å². The average Bonchev–Trinajstić information content (AvgIpc) is 2.45. The fourth-order valence-corrected chi connectivity index (χ4v) is 3.93. The van der Waals surface area contributed by atoms with Crippen LogP contribution in [0.25, 0.3) is 0 Å². The Labute approximate surface area is 99.3 Å². The number of hydrogen-bond acceptors (Lipinski definition) is 2. The van der Waals surface area contributed by atoms with Gasteiger partial charge in [0.05, 0.1) is 6.29 Å². The van der Waals surface area contributed by atoms with Gasteiger partial charge < -0.3 is 4.57 Å². The van der Waals surface area contributed by atoms with Crippen molar-refractivity contribution < 1.29 is 4.57 Å². The van der Waals surface area contributed by atoms with Crippen LogP contribution in [-0.4, -0.2) is 25.3 Å². The molecule has 0 spiro atoms. The molecule has 3 heteroatoms. The molecule has 0 unspecified atom stereocenters. The molecule has 0 aromatic rings. The summed E-state index contributed by atoms with van der Waals surface area (Å²) in [6.45, 7) is 10.8. The van der Waals surface area contributed by atoms with Crippen LogP contribution >= 0.6 is 7.14 Å². The van der Waals surface area contributed by atoms with Crippen molar-refractivity contribution in [1.29, 1.82) is 0 Å². The SMILES string of the molecule is CC1(C)[C@@H]2CC[C@@]1(C)/C(=N/CP(C)(C)=O)C2. The second-order valence-corrected chi connectivity index (χ2v) is 10.2. The highest BCUT2D eigenvalue weighted by molar-refractivity contribution is 7.62. The monoisotopic (exact) mass is 241 g/mol. The first-order valence-corrected chi connectivity index (χ1v) is 9.03. The van der Waals surface area contributed by atoms with Gasteiger partial charge in [-0.3, -0.25) is 4.99 Å². The summed E-state index contributed by atoms with van der Waals surface area (Å²) in [5.74, 6) is 0.796. The van der Waals surface area contributed by atoms with Crippen LogP contribution in [0, 0.1) is 16.7 Å². The largest absolute Gasteiger partial charge is 0.322 e. The van der Waals surface area contributed by atoms with E-state index in [1.807, 2.05) is 13.3 Å². The van der Waals surface area contributed by atoms with E-state index in [1.54, 1.807) is 0 Å². The van der Waals surface area contributed by atoms with Crippen molar-refractivity contribution in [3.63, 3.8) is 0 Å². The number of nitrogens with zero attached hydrogens (tertiary/aromatic N) is 1. The van der Waals surface area contributed by atoms with Gasteiger partial charge in [-0.05, 0) is 43.9 Å². The van der Waals surface area contributed by atoms with Gasteiger partial charge in [0.25, 0.3) is 0 Å². The Morgan fingerprint density at radius 2 is 2.00 bits per heavy atom. The molecule has 0 heterocycles. The van der Waals surface area contributed by atoms with Crippen molar-refractivity contribution in [3.05, 3.63) is 0 Å². The molecule has 2 rings (SSSR count). The molecular weight excluding hydrogens is 217 g/mol. The zero-order valence-corrected chi connectivity index (χ0v) is 12.1.